The fourth-order valence-corrected chi connectivity index (χ4v) is 1.61. The minimum Gasteiger partial charge on any atom is -0.494 e. The molecule has 0 aromatic heterocycles. The average Bonchev–Trinajstić information content (AvgIpc) is 2.30. The van der Waals surface area contributed by atoms with Gasteiger partial charge in [-0.05, 0) is 30.7 Å². The first-order chi connectivity index (χ1) is 7.83. The van der Waals surface area contributed by atoms with Crippen LogP contribution in [0.15, 0.2) is 24.3 Å². The summed E-state index contributed by atoms with van der Waals surface area (Å²) >= 11 is 0. The molecule has 0 aliphatic carbocycles. The van der Waals surface area contributed by atoms with Crippen LogP contribution in [-0.2, 0) is 5.11 Å². The van der Waals surface area contributed by atoms with Crippen LogP contribution in [0.1, 0.15) is 45.4 Å². The van der Waals surface area contributed by atoms with E-state index >= 15 is 0 Å². The smallest absolute Gasteiger partial charge is 0.178 e. The quantitative estimate of drug-likeness (QED) is 0.591. The molecule has 1 aromatic rings. The third-order valence-electron chi connectivity index (χ3n) is 2.59. The van der Waals surface area contributed by atoms with Gasteiger partial charge in [0.2, 0.25) is 0 Å². The molecule has 0 fully saturated rings. The normalized spacial score (nSPS) is 10.3. The van der Waals surface area contributed by atoms with Crippen molar-refractivity contribution in [1.29, 1.82) is 0 Å². The fraction of sp³-hybridized carbons (Fsp3) is 0.571. The van der Waals surface area contributed by atoms with E-state index < -0.39 is 0 Å². The van der Waals surface area contributed by atoms with Gasteiger partial charge in [0.15, 0.2) is 5.75 Å². The Morgan fingerprint density at radius 3 is 2.25 bits per heavy atom. The van der Waals surface area contributed by atoms with E-state index in [1.165, 1.54) is 44.2 Å². The Morgan fingerprint density at radius 1 is 0.938 bits per heavy atom. The molecule has 0 saturated heterocycles. The van der Waals surface area contributed by atoms with E-state index in [2.05, 4.69) is 6.92 Å². The molecule has 2 heteroatoms. The number of hydrogen-bond donors (Lipinski definition) is 0. The predicted octanol–water partition coefficient (Wildman–Crippen LogP) is 4.57. The Hall–Kier alpha value is -1.18. The van der Waals surface area contributed by atoms with E-state index in [4.69, 9.17) is 4.74 Å². The number of rotatable bonds is 8. The Labute approximate surface area is 98.3 Å². The molecule has 1 radical (unpaired) electrons. The van der Waals surface area contributed by atoms with Gasteiger partial charge in [-0.1, -0.05) is 39.0 Å². The van der Waals surface area contributed by atoms with Crippen LogP contribution < -0.4 is 4.74 Å². The van der Waals surface area contributed by atoms with E-state index in [0.717, 1.165) is 18.8 Å². The summed E-state index contributed by atoms with van der Waals surface area (Å²) in [6.07, 6.45) is 7.60. The van der Waals surface area contributed by atoms with Crippen molar-refractivity contribution in [3.05, 3.63) is 24.3 Å². The molecule has 0 aliphatic rings. The van der Waals surface area contributed by atoms with Gasteiger partial charge in [0.05, 0.1) is 6.61 Å². The Balaban J connectivity index is 2.01. The molecule has 0 aliphatic heterocycles. The van der Waals surface area contributed by atoms with E-state index in [1.54, 1.807) is 12.1 Å². The molecular formula is C14H21O2. The van der Waals surface area contributed by atoms with Gasteiger partial charge in [0.25, 0.3) is 0 Å². The van der Waals surface area contributed by atoms with Crippen LogP contribution in [0.3, 0.4) is 0 Å². The van der Waals surface area contributed by atoms with Crippen LogP contribution in [0.2, 0.25) is 0 Å². The molecule has 89 valence electrons. The van der Waals surface area contributed by atoms with Crippen molar-refractivity contribution < 1.29 is 9.84 Å². The van der Waals surface area contributed by atoms with Gasteiger partial charge in [0.1, 0.15) is 5.75 Å². The maximum absolute atomic E-state index is 10.8. The summed E-state index contributed by atoms with van der Waals surface area (Å²) in [6, 6.07) is 6.55. The van der Waals surface area contributed by atoms with Crippen molar-refractivity contribution in [3.8, 4) is 11.5 Å². The monoisotopic (exact) mass is 221 g/mol. The molecule has 0 unspecified atom stereocenters. The van der Waals surface area contributed by atoms with Crippen molar-refractivity contribution in [2.45, 2.75) is 45.4 Å². The lowest BCUT2D eigenvalue weighted by molar-refractivity contribution is 0.302. The zero-order valence-corrected chi connectivity index (χ0v) is 10.1. The maximum Gasteiger partial charge on any atom is 0.178 e. The van der Waals surface area contributed by atoms with Crippen molar-refractivity contribution in [3.63, 3.8) is 0 Å². The molecule has 0 heterocycles. The fourth-order valence-electron chi connectivity index (χ4n) is 1.61. The molecule has 0 spiro atoms. The summed E-state index contributed by atoms with van der Waals surface area (Å²) in [4.78, 5) is 0. The van der Waals surface area contributed by atoms with Crippen molar-refractivity contribution in [2.24, 2.45) is 0 Å². The van der Waals surface area contributed by atoms with Crippen LogP contribution in [0.5, 0.6) is 11.5 Å². The molecular weight excluding hydrogens is 200 g/mol. The van der Waals surface area contributed by atoms with E-state index in [-0.39, 0.29) is 5.75 Å². The minimum absolute atomic E-state index is 0.0342. The lowest BCUT2D eigenvalue weighted by Gasteiger charge is -2.05. The van der Waals surface area contributed by atoms with Gasteiger partial charge in [-0.25, -0.2) is 0 Å². The lowest BCUT2D eigenvalue weighted by atomic mass is 10.1. The Bertz CT molecular complexity index is 267. The summed E-state index contributed by atoms with van der Waals surface area (Å²) in [5.41, 5.74) is 0. The number of hydrogen-bond acceptors (Lipinski definition) is 1. The molecule has 0 N–H and O–H groups in total. The summed E-state index contributed by atoms with van der Waals surface area (Å²) in [6.45, 7) is 2.98. The zero-order chi connectivity index (χ0) is 11.6. The molecule has 1 rings (SSSR count). The summed E-state index contributed by atoms with van der Waals surface area (Å²) < 4.78 is 5.53. The third-order valence-corrected chi connectivity index (χ3v) is 2.59. The highest BCUT2D eigenvalue weighted by molar-refractivity contribution is 5.29. The van der Waals surface area contributed by atoms with Gasteiger partial charge in [0, 0.05) is 0 Å². The van der Waals surface area contributed by atoms with Crippen LogP contribution in [0.25, 0.3) is 0 Å². The number of benzene rings is 1. The van der Waals surface area contributed by atoms with Crippen molar-refractivity contribution in [2.75, 3.05) is 6.61 Å². The second-order valence-corrected chi connectivity index (χ2v) is 4.09. The topological polar surface area (TPSA) is 29.1 Å². The van der Waals surface area contributed by atoms with Gasteiger partial charge >= 0.3 is 0 Å². The maximum atomic E-state index is 10.8. The van der Waals surface area contributed by atoms with Crippen LogP contribution in [-0.4, -0.2) is 6.61 Å². The average molecular weight is 221 g/mol. The molecule has 0 bridgehead atoms. The highest BCUT2D eigenvalue weighted by atomic mass is 16.5. The van der Waals surface area contributed by atoms with E-state index in [9.17, 15) is 5.11 Å². The highest BCUT2D eigenvalue weighted by Gasteiger charge is 1.95. The van der Waals surface area contributed by atoms with Crippen LogP contribution in [0.4, 0.5) is 0 Å². The minimum atomic E-state index is 0.0342. The van der Waals surface area contributed by atoms with Gasteiger partial charge < -0.3 is 4.74 Å². The summed E-state index contributed by atoms with van der Waals surface area (Å²) in [7, 11) is 0. The van der Waals surface area contributed by atoms with Crippen molar-refractivity contribution >= 4 is 0 Å². The first kappa shape index (κ1) is 12.9. The number of unbranched alkanes of at least 4 members (excludes halogenated alkanes) is 5. The van der Waals surface area contributed by atoms with Crippen LogP contribution >= 0.6 is 0 Å². The SMILES string of the molecule is CCCCCCCCOc1ccc([O])cc1. The Kier molecular flexibility index (Phi) is 6.47. The summed E-state index contributed by atoms with van der Waals surface area (Å²) in [5, 5.41) is 10.8. The molecule has 2 nitrogen and oxygen atoms in total. The molecule has 0 atom stereocenters. The highest BCUT2D eigenvalue weighted by Crippen LogP contribution is 2.16. The van der Waals surface area contributed by atoms with E-state index in [1.807, 2.05) is 0 Å². The van der Waals surface area contributed by atoms with Gasteiger partial charge in [-0.2, -0.15) is 0 Å². The third kappa shape index (κ3) is 5.64. The largest absolute Gasteiger partial charge is 0.494 e. The summed E-state index contributed by atoms with van der Waals surface area (Å²) in [5.74, 6) is 0.833. The number of ether oxygens (including phenoxy) is 1. The van der Waals surface area contributed by atoms with Crippen molar-refractivity contribution in [1.82, 2.24) is 0 Å². The lowest BCUT2D eigenvalue weighted by Crippen LogP contribution is -1.96. The molecule has 1 aromatic carbocycles. The molecule has 16 heavy (non-hydrogen) atoms. The standard InChI is InChI=1S/C14H21O2/c1-2-3-4-5-6-7-12-16-14-10-8-13(15)9-11-14/h8-11H,2-7,12H2,1H3. The first-order valence-electron chi connectivity index (χ1n) is 6.23. The van der Waals surface area contributed by atoms with E-state index in [0.29, 0.717) is 0 Å². The molecule has 0 amide bonds. The molecule has 0 saturated carbocycles. The second-order valence-electron chi connectivity index (χ2n) is 4.09. The second kappa shape index (κ2) is 8.03. The Morgan fingerprint density at radius 2 is 1.56 bits per heavy atom. The van der Waals surface area contributed by atoms with Gasteiger partial charge in [-0.3, -0.25) is 5.11 Å². The zero-order valence-electron chi connectivity index (χ0n) is 10.1. The predicted molar refractivity (Wildman–Crippen MR) is 65.4 cm³/mol. The van der Waals surface area contributed by atoms with Crippen LogP contribution in [0, 0.1) is 0 Å². The van der Waals surface area contributed by atoms with Gasteiger partial charge in [-0.15, -0.1) is 0 Å². The first-order valence-corrected chi connectivity index (χ1v) is 6.23.